The van der Waals surface area contributed by atoms with Crippen molar-refractivity contribution in [2.75, 3.05) is 6.61 Å². The minimum absolute atomic E-state index is 0. The summed E-state index contributed by atoms with van der Waals surface area (Å²) in [7, 11) is 0. The van der Waals surface area contributed by atoms with Crippen LogP contribution in [0.25, 0.3) is 0 Å². The molecule has 25 heavy (non-hydrogen) atoms. The van der Waals surface area contributed by atoms with Crippen LogP contribution < -0.4 is 11.1 Å². The molecular formula is C18H19Cl2FN2O2. The molecule has 1 fully saturated rings. The van der Waals surface area contributed by atoms with Crippen molar-refractivity contribution in [2.45, 2.75) is 25.1 Å². The molecule has 2 atom stereocenters. The monoisotopic (exact) mass is 384 g/mol. The fourth-order valence-electron chi connectivity index (χ4n) is 2.80. The SMILES string of the molecule is Cl.NCc1ccc(C(=O)NC2CCOC2c2ccc(Cl)c(F)c2)cc1. The van der Waals surface area contributed by atoms with Gasteiger partial charge in [0.05, 0.1) is 11.1 Å². The van der Waals surface area contributed by atoms with Crippen molar-refractivity contribution < 1.29 is 13.9 Å². The van der Waals surface area contributed by atoms with Crippen LogP contribution in [-0.4, -0.2) is 18.6 Å². The van der Waals surface area contributed by atoms with E-state index in [-0.39, 0.29) is 35.5 Å². The number of carbonyl (C=O) groups excluding carboxylic acids is 1. The van der Waals surface area contributed by atoms with Crippen molar-refractivity contribution in [1.82, 2.24) is 5.32 Å². The minimum atomic E-state index is -0.493. The molecule has 2 aromatic carbocycles. The molecular weight excluding hydrogens is 366 g/mol. The topological polar surface area (TPSA) is 64.4 Å². The Morgan fingerprint density at radius 3 is 2.64 bits per heavy atom. The molecule has 3 rings (SSSR count). The highest BCUT2D eigenvalue weighted by molar-refractivity contribution is 6.30. The lowest BCUT2D eigenvalue weighted by Crippen LogP contribution is -2.36. The maximum absolute atomic E-state index is 13.7. The van der Waals surface area contributed by atoms with Gasteiger partial charge in [0.15, 0.2) is 0 Å². The summed E-state index contributed by atoms with van der Waals surface area (Å²) in [4.78, 5) is 12.4. The number of carbonyl (C=O) groups is 1. The fraction of sp³-hybridized carbons (Fsp3) is 0.278. The van der Waals surface area contributed by atoms with Crippen LogP contribution in [0.1, 0.15) is 34.0 Å². The van der Waals surface area contributed by atoms with Crippen LogP contribution in [0, 0.1) is 5.82 Å². The molecule has 1 saturated heterocycles. The Hall–Kier alpha value is -1.66. The molecule has 1 aliphatic rings. The zero-order valence-corrected chi connectivity index (χ0v) is 14.9. The minimum Gasteiger partial charge on any atom is -0.371 e. The normalized spacial score (nSPS) is 19.3. The van der Waals surface area contributed by atoms with Crippen LogP contribution in [0.3, 0.4) is 0 Å². The first-order chi connectivity index (χ1) is 11.6. The summed E-state index contributed by atoms with van der Waals surface area (Å²) in [6.07, 6.45) is 0.283. The molecule has 0 spiro atoms. The van der Waals surface area contributed by atoms with E-state index in [0.717, 1.165) is 5.56 Å². The van der Waals surface area contributed by atoms with E-state index in [1.54, 1.807) is 18.2 Å². The smallest absolute Gasteiger partial charge is 0.251 e. The van der Waals surface area contributed by atoms with Gasteiger partial charge in [-0.2, -0.15) is 0 Å². The lowest BCUT2D eigenvalue weighted by molar-refractivity contribution is 0.0821. The third-order valence-electron chi connectivity index (χ3n) is 4.13. The summed E-state index contributed by atoms with van der Waals surface area (Å²) in [5.41, 5.74) is 7.74. The summed E-state index contributed by atoms with van der Waals surface area (Å²) in [6, 6.07) is 11.5. The second-order valence-corrected chi connectivity index (χ2v) is 6.14. The van der Waals surface area contributed by atoms with E-state index >= 15 is 0 Å². The van der Waals surface area contributed by atoms with Gasteiger partial charge in [0.25, 0.3) is 5.91 Å². The summed E-state index contributed by atoms with van der Waals surface area (Å²) < 4.78 is 19.4. The number of hydrogen-bond donors (Lipinski definition) is 2. The van der Waals surface area contributed by atoms with Gasteiger partial charge in [-0.25, -0.2) is 4.39 Å². The largest absolute Gasteiger partial charge is 0.371 e. The van der Waals surface area contributed by atoms with E-state index in [0.29, 0.717) is 30.7 Å². The average Bonchev–Trinajstić information content (AvgIpc) is 3.05. The predicted octanol–water partition coefficient (Wildman–Crippen LogP) is 3.62. The maximum atomic E-state index is 13.7. The highest BCUT2D eigenvalue weighted by atomic mass is 35.5. The van der Waals surface area contributed by atoms with Gasteiger partial charge in [0.1, 0.15) is 11.9 Å². The number of ether oxygens (including phenoxy) is 1. The fourth-order valence-corrected chi connectivity index (χ4v) is 2.92. The van der Waals surface area contributed by atoms with Gasteiger partial charge >= 0.3 is 0 Å². The molecule has 0 bridgehead atoms. The Labute approximate surface area is 156 Å². The van der Waals surface area contributed by atoms with E-state index in [2.05, 4.69) is 5.32 Å². The van der Waals surface area contributed by atoms with Gasteiger partial charge in [0.2, 0.25) is 0 Å². The van der Waals surface area contributed by atoms with Gasteiger partial charge in [-0.15, -0.1) is 12.4 Å². The Kier molecular flexibility index (Phi) is 6.79. The highest BCUT2D eigenvalue weighted by Crippen LogP contribution is 2.31. The Morgan fingerprint density at radius 2 is 2.00 bits per heavy atom. The van der Waals surface area contributed by atoms with Crippen LogP contribution in [0.5, 0.6) is 0 Å². The van der Waals surface area contributed by atoms with E-state index < -0.39 is 5.82 Å². The van der Waals surface area contributed by atoms with Crippen molar-refractivity contribution in [3.8, 4) is 0 Å². The first kappa shape index (κ1) is 19.7. The number of amides is 1. The zero-order valence-electron chi connectivity index (χ0n) is 13.4. The summed E-state index contributed by atoms with van der Waals surface area (Å²) in [6.45, 7) is 0.939. The lowest BCUT2D eigenvalue weighted by atomic mass is 10.0. The van der Waals surface area contributed by atoms with Crippen LogP contribution in [0.4, 0.5) is 4.39 Å². The summed E-state index contributed by atoms with van der Waals surface area (Å²) in [5, 5.41) is 3.03. The number of nitrogens with one attached hydrogen (secondary N) is 1. The lowest BCUT2D eigenvalue weighted by Gasteiger charge is -2.20. The van der Waals surface area contributed by atoms with Crippen LogP contribution >= 0.6 is 24.0 Å². The van der Waals surface area contributed by atoms with Gasteiger partial charge < -0.3 is 15.8 Å². The first-order valence-corrected chi connectivity index (χ1v) is 8.12. The van der Waals surface area contributed by atoms with E-state index in [1.807, 2.05) is 12.1 Å². The second-order valence-electron chi connectivity index (χ2n) is 5.73. The Balaban J connectivity index is 0.00000225. The van der Waals surface area contributed by atoms with E-state index in [4.69, 9.17) is 22.1 Å². The van der Waals surface area contributed by atoms with Gasteiger partial charge in [-0.05, 0) is 41.8 Å². The third-order valence-corrected chi connectivity index (χ3v) is 4.44. The molecule has 134 valence electrons. The average molecular weight is 385 g/mol. The van der Waals surface area contributed by atoms with Crippen molar-refractivity contribution in [3.63, 3.8) is 0 Å². The molecule has 0 saturated carbocycles. The zero-order chi connectivity index (χ0) is 17.1. The quantitative estimate of drug-likeness (QED) is 0.845. The molecule has 7 heteroatoms. The summed E-state index contributed by atoms with van der Waals surface area (Å²) >= 11 is 5.72. The molecule has 0 aliphatic carbocycles. The molecule has 0 radical (unpaired) electrons. The Bertz CT molecular complexity index is 740. The molecule has 0 aromatic heterocycles. The van der Waals surface area contributed by atoms with Gasteiger partial charge in [0, 0.05) is 18.7 Å². The molecule has 1 amide bonds. The number of rotatable bonds is 4. The molecule has 3 N–H and O–H groups in total. The number of nitrogens with two attached hydrogens (primary N) is 1. The third kappa shape index (κ3) is 4.50. The highest BCUT2D eigenvalue weighted by Gasteiger charge is 2.31. The predicted molar refractivity (Wildman–Crippen MR) is 97.6 cm³/mol. The number of benzene rings is 2. The maximum Gasteiger partial charge on any atom is 0.251 e. The molecule has 1 aliphatic heterocycles. The number of hydrogen-bond acceptors (Lipinski definition) is 3. The molecule has 2 aromatic rings. The standard InChI is InChI=1S/C18H18ClFN2O2.ClH/c19-14-6-5-13(9-15(14)20)17-16(7-8-24-17)22-18(23)12-3-1-11(10-21)2-4-12;/h1-6,9,16-17H,7-8,10,21H2,(H,22,23);1H. The Morgan fingerprint density at radius 1 is 1.28 bits per heavy atom. The van der Waals surface area contributed by atoms with Crippen molar-refractivity contribution in [3.05, 3.63) is 70.0 Å². The first-order valence-electron chi connectivity index (χ1n) is 7.75. The van der Waals surface area contributed by atoms with E-state index in [1.165, 1.54) is 12.1 Å². The van der Waals surface area contributed by atoms with Crippen molar-refractivity contribution in [1.29, 1.82) is 0 Å². The van der Waals surface area contributed by atoms with Crippen molar-refractivity contribution >= 4 is 29.9 Å². The second kappa shape index (κ2) is 8.63. The molecule has 2 unspecified atom stereocenters. The van der Waals surface area contributed by atoms with Crippen molar-refractivity contribution in [2.24, 2.45) is 5.73 Å². The van der Waals surface area contributed by atoms with Crippen LogP contribution in [-0.2, 0) is 11.3 Å². The van der Waals surface area contributed by atoms with Crippen LogP contribution in [0.2, 0.25) is 5.02 Å². The summed E-state index contributed by atoms with van der Waals surface area (Å²) in [5.74, 6) is -0.680. The van der Waals surface area contributed by atoms with Gasteiger partial charge in [-0.1, -0.05) is 29.8 Å². The van der Waals surface area contributed by atoms with E-state index in [9.17, 15) is 9.18 Å². The molecule has 4 nitrogen and oxygen atoms in total. The van der Waals surface area contributed by atoms with Crippen LogP contribution in [0.15, 0.2) is 42.5 Å². The van der Waals surface area contributed by atoms with Gasteiger partial charge in [-0.3, -0.25) is 4.79 Å². The number of halogens is 3. The molecule has 1 heterocycles.